The summed E-state index contributed by atoms with van der Waals surface area (Å²) in [4.78, 5) is 16.9. The maximum absolute atomic E-state index is 13.3. The van der Waals surface area contributed by atoms with Gasteiger partial charge in [0.25, 0.3) is 15.9 Å². The van der Waals surface area contributed by atoms with Crippen molar-refractivity contribution in [2.45, 2.75) is 36.3 Å². The molecule has 1 aromatic carbocycles. The first-order valence-corrected chi connectivity index (χ1v) is 11.8. The number of carbonyl (C=O) groups excluding carboxylic acids is 1. The number of nitrogens with one attached hydrogen (secondary N) is 1. The zero-order valence-electron chi connectivity index (χ0n) is 18.0. The van der Waals surface area contributed by atoms with Crippen molar-refractivity contribution < 1.29 is 27.4 Å². The molecular formula is C22H22N4O6S. The minimum Gasteiger partial charge on any atom is -0.495 e. The highest BCUT2D eigenvalue weighted by molar-refractivity contribution is 7.90. The van der Waals surface area contributed by atoms with Crippen molar-refractivity contribution in [2.75, 3.05) is 14.2 Å². The Morgan fingerprint density at radius 3 is 2.73 bits per heavy atom. The number of rotatable bonds is 7. The molecule has 172 valence electrons. The van der Waals surface area contributed by atoms with E-state index in [0.29, 0.717) is 12.1 Å². The number of pyridine rings is 1. The van der Waals surface area contributed by atoms with E-state index in [-0.39, 0.29) is 40.0 Å². The largest absolute Gasteiger partial charge is 0.495 e. The van der Waals surface area contributed by atoms with Crippen LogP contribution in [0.2, 0.25) is 0 Å². The third-order valence-electron chi connectivity index (χ3n) is 5.90. The van der Waals surface area contributed by atoms with Gasteiger partial charge in [0, 0.05) is 18.0 Å². The normalized spacial score (nSPS) is 18.5. The van der Waals surface area contributed by atoms with Crippen LogP contribution in [0, 0.1) is 0 Å². The first kappa shape index (κ1) is 21.3. The van der Waals surface area contributed by atoms with Crippen LogP contribution in [0.1, 0.15) is 40.4 Å². The first-order valence-electron chi connectivity index (χ1n) is 10.4. The highest BCUT2D eigenvalue weighted by Crippen LogP contribution is 2.52. The van der Waals surface area contributed by atoms with Crippen LogP contribution in [0.5, 0.6) is 17.4 Å². The van der Waals surface area contributed by atoms with E-state index < -0.39 is 15.9 Å². The molecule has 0 atom stereocenters. The lowest BCUT2D eigenvalue weighted by atomic mass is 9.75. The maximum Gasteiger partial charge on any atom is 0.283 e. The third-order valence-corrected chi connectivity index (χ3v) is 7.28. The standard InChI is InChI=1S/C22H22N4O6S/c1-30-18-7-5-16-14-10-15(11-14)32-19(16)20(18)33(28,29)25-21(27)17-6-4-13(22(24-17)31-2)12-26-9-3-8-23-26/h3-9,14-15H,10-12H2,1-2H3,(H,25,27). The Balaban J connectivity index is 1.44. The number of amides is 1. The molecule has 6 rings (SSSR count). The number of benzene rings is 1. The topological polar surface area (TPSA) is 122 Å². The Morgan fingerprint density at radius 1 is 1.21 bits per heavy atom. The first-order chi connectivity index (χ1) is 15.9. The van der Waals surface area contributed by atoms with Crippen molar-refractivity contribution in [3.05, 3.63) is 59.5 Å². The predicted molar refractivity (Wildman–Crippen MR) is 116 cm³/mol. The van der Waals surface area contributed by atoms with Crippen molar-refractivity contribution in [1.29, 1.82) is 0 Å². The summed E-state index contributed by atoms with van der Waals surface area (Å²) in [6, 6.07) is 8.29. The molecule has 3 aromatic rings. The molecule has 1 fully saturated rings. The Bertz CT molecular complexity index is 1320. The summed E-state index contributed by atoms with van der Waals surface area (Å²) in [5.74, 6) is -0.0755. The molecule has 2 aromatic heterocycles. The van der Waals surface area contributed by atoms with E-state index >= 15 is 0 Å². The van der Waals surface area contributed by atoms with Crippen LogP contribution in [0.15, 0.2) is 47.6 Å². The number of carbonyl (C=O) groups is 1. The number of methoxy groups -OCH3 is 2. The molecule has 0 spiro atoms. The van der Waals surface area contributed by atoms with Crippen LogP contribution in [-0.4, -0.2) is 49.4 Å². The molecule has 3 aliphatic rings. The van der Waals surface area contributed by atoms with Gasteiger partial charge in [-0.05, 0) is 48.6 Å². The van der Waals surface area contributed by atoms with Gasteiger partial charge < -0.3 is 14.2 Å². The molecule has 2 aliphatic heterocycles. The fraction of sp³-hybridized carbons (Fsp3) is 0.318. The van der Waals surface area contributed by atoms with Crippen molar-refractivity contribution in [2.24, 2.45) is 0 Å². The number of hydrogen-bond donors (Lipinski definition) is 1. The molecule has 0 saturated heterocycles. The van der Waals surface area contributed by atoms with Crippen LogP contribution in [0.4, 0.5) is 0 Å². The second-order valence-electron chi connectivity index (χ2n) is 7.93. The Hall–Kier alpha value is -3.60. The van der Waals surface area contributed by atoms with E-state index in [1.165, 1.54) is 20.3 Å². The van der Waals surface area contributed by atoms with Crippen LogP contribution in [0.25, 0.3) is 0 Å². The van der Waals surface area contributed by atoms with Gasteiger partial charge in [-0.1, -0.05) is 6.07 Å². The van der Waals surface area contributed by atoms with Gasteiger partial charge >= 0.3 is 0 Å². The SMILES string of the molecule is COc1ccc2c(c1S(=O)(=O)NC(=O)c1ccc(Cn3cccn3)c(OC)n1)OC1CC2C1. The molecule has 0 unspecified atom stereocenters. The Morgan fingerprint density at radius 2 is 2.03 bits per heavy atom. The molecule has 11 heteroatoms. The summed E-state index contributed by atoms with van der Waals surface area (Å²) >= 11 is 0. The van der Waals surface area contributed by atoms with Crippen LogP contribution in [-0.2, 0) is 16.6 Å². The summed E-state index contributed by atoms with van der Waals surface area (Å²) in [6.45, 7) is 0.385. The van der Waals surface area contributed by atoms with E-state index in [2.05, 4.69) is 14.8 Å². The van der Waals surface area contributed by atoms with Crippen molar-refractivity contribution in [1.82, 2.24) is 19.5 Å². The summed E-state index contributed by atoms with van der Waals surface area (Å²) in [5, 5.41) is 4.14. The highest BCUT2D eigenvalue weighted by Gasteiger charge is 2.43. The fourth-order valence-electron chi connectivity index (χ4n) is 4.19. The molecule has 1 saturated carbocycles. The Kier molecular flexibility index (Phi) is 5.20. The lowest BCUT2D eigenvalue weighted by Crippen LogP contribution is -2.39. The second-order valence-corrected chi connectivity index (χ2v) is 9.55. The fourth-order valence-corrected chi connectivity index (χ4v) is 5.46. The minimum atomic E-state index is -4.31. The summed E-state index contributed by atoms with van der Waals surface area (Å²) in [5.41, 5.74) is 1.40. The lowest BCUT2D eigenvalue weighted by molar-refractivity contribution is 0.0648. The summed E-state index contributed by atoms with van der Waals surface area (Å²) in [7, 11) is -1.51. The molecule has 1 aliphatic carbocycles. The van der Waals surface area contributed by atoms with Gasteiger partial charge in [0.15, 0.2) is 4.90 Å². The van der Waals surface area contributed by atoms with Crippen molar-refractivity contribution in [3.8, 4) is 17.4 Å². The molecule has 1 amide bonds. The monoisotopic (exact) mass is 470 g/mol. The molecule has 0 radical (unpaired) electrons. The smallest absolute Gasteiger partial charge is 0.283 e. The predicted octanol–water partition coefficient (Wildman–Crippen LogP) is 2.10. The van der Waals surface area contributed by atoms with Crippen LogP contribution < -0.4 is 18.9 Å². The van der Waals surface area contributed by atoms with E-state index in [1.54, 1.807) is 35.3 Å². The molecule has 10 nitrogen and oxygen atoms in total. The number of ether oxygens (including phenoxy) is 3. The second kappa shape index (κ2) is 8.07. The van der Waals surface area contributed by atoms with Crippen LogP contribution in [0.3, 0.4) is 0 Å². The average Bonchev–Trinajstić information content (AvgIpc) is 3.30. The van der Waals surface area contributed by atoms with Crippen molar-refractivity contribution >= 4 is 15.9 Å². The maximum atomic E-state index is 13.3. The number of nitrogens with zero attached hydrogens (tertiary/aromatic N) is 3. The van der Waals surface area contributed by atoms with Gasteiger partial charge in [-0.25, -0.2) is 18.1 Å². The molecule has 2 bridgehead atoms. The average molecular weight is 471 g/mol. The van der Waals surface area contributed by atoms with Gasteiger partial charge in [0.2, 0.25) is 5.88 Å². The Labute approximate surface area is 190 Å². The minimum absolute atomic E-state index is 0.0208. The number of aromatic nitrogens is 3. The lowest BCUT2D eigenvalue weighted by Gasteiger charge is -2.43. The molecule has 1 N–H and O–H groups in total. The number of hydrogen-bond acceptors (Lipinski definition) is 8. The quantitative estimate of drug-likeness (QED) is 0.557. The summed E-state index contributed by atoms with van der Waals surface area (Å²) in [6.07, 6.45) is 5.13. The van der Waals surface area contributed by atoms with E-state index in [0.717, 1.165) is 18.4 Å². The van der Waals surface area contributed by atoms with Gasteiger partial charge in [-0.15, -0.1) is 0 Å². The van der Waals surface area contributed by atoms with Crippen molar-refractivity contribution in [3.63, 3.8) is 0 Å². The highest BCUT2D eigenvalue weighted by atomic mass is 32.2. The van der Waals surface area contributed by atoms with Gasteiger partial charge in [-0.3, -0.25) is 9.48 Å². The third kappa shape index (κ3) is 3.78. The van der Waals surface area contributed by atoms with E-state index in [9.17, 15) is 13.2 Å². The zero-order chi connectivity index (χ0) is 23.2. The van der Waals surface area contributed by atoms with Crippen LogP contribution >= 0.6 is 0 Å². The zero-order valence-corrected chi connectivity index (χ0v) is 18.8. The van der Waals surface area contributed by atoms with Gasteiger partial charge in [-0.2, -0.15) is 5.10 Å². The van der Waals surface area contributed by atoms with E-state index in [4.69, 9.17) is 14.2 Å². The molecule has 4 heterocycles. The van der Waals surface area contributed by atoms with Gasteiger partial charge in [0.1, 0.15) is 17.2 Å². The number of sulfonamides is 1. The molecular weight excluding hydrogens is 448 g/mol. The summed E-state index contributed by atoms with van der Waals surface area (Å²) < 4.78 is 46.8. The molecule has 33 heavy (non-hydrogen) atoms. The van der Waals surface area contributed by atoms with Gasteiger partial charge in [0.05, 0.1) is 26.9 Å². The van der Waals surface area contributed by atoms with E-state index in [1.807, 2.05) is 6.07 Å².